The van der Waals surface area contributed by atoms with Crippen molar-refractivity contribution in [3.05, 3.63) is 72.1 Å². The molecule has 0 amide bonds. The zero-order chi connectivity index (χ0) is 22.1. The molecule has 32 heavy (non-hydrogen) atoms. The van der Waals surface area contributed by atoms with Gasteiger partial charge in [-0.1, -0.05) is 47.5 Å². The van der Waals surface area contributed by atoms with Crippen LogP contribution in [0.5, 0.6) is 0 Å². The van der Waals surface area contributed by atoms with E-state index in [9.17, 15) is 0 Å². The fraction of sp³-hybridized carbons (Fsp3) is 0.269. The van der Waals surface area contributed by atoms with Crippen LogP contribution in [0.4, 0.5) is 5.69 Å². The van der Waals surface area contributed by atoms with Gasteiger partial charge in [0.15, 0.2) is 0 Å². The highest BCUT2D eigenvalue weighted by atomic mass is 16.4. The largest absolute Gasteiger partial charge is 0.416 e. The van der Waals surface area contributed by atoms with Crippen molar-refractivity contribution in [3.63, 3.8) is 0 Å². The van der Waals surface area contributed by atoms with Crippen molar-refractivity contribution in [2.24, 2.45) is 5.73 Å². The van der Waals surface area contributed by atoms with Crippen molar-refractivity contribution in [3.8, 4) is 34.0 Å². The second kappa shape index (κ2) is 8.55. The van der Waals surface area contributed by atoms with Crippen molar-refractivity contribution in [2.45, 2.75) is 32.7 Å². The summed E-state index contributed by atoms with van der Waals surface area (Å²) in [5, 5.41) is 8.70. The van der Waals surface area contributed by atoms with E-state index in [1.807, 2.05) is 42.7 Å². The zero-order valence-electron chi connectivity index (χ0n) is 18.5. The predicted molar refractivity (Wildman–Crippen MR) is 127 cm³/mol. The molecule has 0 radical (unpaired) electrons. The number of nitrogens with zero attached hydrogens (tertiary/aromatic N) is 4. The molecule has 4 aromatic rings. The normalized spacial score (nSPS) is 14.7. The number of benzene rings is 2. The molecule has 6 nitrogen and oxygen atoms in total. The maximum absolute atomic E-state index is 6.20. The number of nitrogens with two attached hydrogens (primary N) is 1. The van der Waals surface area contributed by atoms with Gasteiger partial charge < -0.3 is 15.1 Å². The molecule has 0 bridgehead atoms. The van der Waals surface area contributed by atoms with E-state index in [2.05, 4.69) is 52.1 Å². The highest BCUT2D eigenvalue weighted by Crippen LogP contribution is 2.40. The van der Waals surface area contributed by atoms with Gasteiger partial charge in [-0.2, -0.15) is 0 Å². The highest BCUT2D eigenvalue weighted by Gasteiger charge is 2.25. The van der Waals surface area contributed by atoms with E-state index in [0.717, 1.165) is 53.9 Å². The number of hydrogen-bond acceptors (Lipinski definition) is 6. The van der Waals surface area contributed by atoms with Crippen LogP contribution in [0.1, 0.15) is 24.0 Å². The molecule has 0 saturated carbocycles. The Morgan fingerprint density at radius 1 is 0.844 bits per heavy atom. The van der Waals surface area contributed by atoms with Gasteiger partial charge in [-0.25, -0.2) is 0 Å². The molecule has 1 saturated heterocycles. The lowest BCUT2D eigenvalue weighted by Crippen LogP contribution is -2.40. The molecule has 1 fully saturated rings. The van der Waals surface area contributed by atoms with Crippen molar-refractivity contribution in [2.75, 3.05) is 18.0 Å². The van der Waals surface area contributed by atoms with Gasteiger partial charge in [0.05, 0.1) is 11.3 Å². The molecule has 6 heteroatoms. The Morgan fingerprint density at radius 3 is 2.22 bits per heavy atom. The van der Waals surface area contributed by atoms with Crippen LogP contribution < -0.4 is 10.6 Å². The van der Waals surface area contributed by atoms with Gasteiger partial charge in [0.1, 0.15) is 0 Å². The van der Waals surface area contributed by atoms with Crippen LogP contribution in [0.3, 0.4) is 0 Å². The topological polar surface area (TPSA) is 81.1 Å². The zero-order valence-corrected chi connectivity index (χ0v) is 18.5. The molecule has 0 atom stereocenters. The number of pyridine rings is 1. The van der Waals surface area contributed by atoms with Crippen LogP contribution in [0.15, 0.2) is 65.3 Å². The molecular formula is C26H27N5O. The molecule has 162 valence electrons. The Kier molecular flexibility index (Phi) is 5.45. The molecule has 2 aromatic heterocycles. The summed E-state index contributed by atoms with van der Waals surface area (Å²) in [6, 6.07) is 16.7. The highest BCUT2D eigenvalue weighted by molar-refractivity contribution is 5.88. The monoisotopic (exact) mass is 425 g/mol. The number of piperidine rings is 1. The van der Waals surface area contributed by atoms with Gasteiger partial charge in [0.25, 0.3) is 5.89 Å². The first kappa shape index (κ1) is 20.4. The Morgan fingerprint density at radius 2 is 1.50 bits per heavy atom. The predicted octanol–water partition coefficient (Wildman–Crippen LogP) is 5.01. The lowest BCUT2D eigenvalue weighted by atomic mass is 9.96. The van der Waals surface area contributed by atoms with Crippen LogP contribution in [0.2, 0.25) is 0 Å². The first-order valence-electron chi connectivity index (χ1n) is 11.0. The van der Waals surface area contributed by atoms with E-state index in [1.54, 1.807) is 0 Å². The van der Waals surface area contributed by atoms with E-state index in [0.29, 0.717) is 11.8 Å². The summed E-state index contributed by atoms with van der Waals surface area (Å²) in [6.07, 6.45) is 5.68. The third kappa shape index (κ3) is 4.01. The first-order chi connectivity index (χ1) is 15.6. The van der Waals surface area contributed by atoms with Crippen molar-refractivity contribution >= 4 is 5.69 Å². The van der Waals surface area contributed by atoms with E-state index in [-0.39, 0.29) is 6.04 Å². The summed E-state index contributed by atoms with van der Waals surface area (Å²) < 4.78 is 6.13. The SMILES string of the molecule is Cc1cc(C)cc(-c2cncc(-c3nnc(-c4ccccc4)o3)c2N2CCC(N)CC2)c1. The van der Waals surface area contributed by atoms with Crippen LogP contribution in [0, 0.1) is 13.8 Å². The van der Waals surface area contributed by atoms with Gasteiger partial charge in [0, 0.05) is 42.7 Å². The van der Waals surface area contributed by atoms with E-state index in [4.69, 9.17) is 10.2 Å². The summed E-state index contributed by atoms with van der Waals surface area (Å²) >= 11 is 0. The smallest absolute Gasteiger partial charge is 0.251 e. The second-order valence-electron chi connectivity index (χ2n) is 8.56. The minimum Gasteiger partial charge on any atom is -0.416 e. The molecule has 1 aliphatic heterocycles. The summed E-state index contributed by atoms with van der Waals surface area (Å²) in [7, 11) is 0. The molecule has 3 heterocycles. The molecule has 5 rings (SSSR count). The lowest BCUT2D eigenvalue weighted by molar-refractivity contribution is 0.501. The van der Waals surface area contributed by atoms with Gasteiger partial charge in [-0.05, 0) is 44.4 Å². The molecule has 2 N–H and O–H groups in total. The number of anilines is 1. The van der Waals surface area contributed by atoms with Crippen molar-refractivity contribution in [1.29, 1.82) is 0 Å². The minimum absolute atomic E-state index is 0.245. The van der Waals surface area contributed by atoms with Gasteiger partial charge >= 0.3 is 0 Å². The maximum Gasteiger partial charge on any atom is 0.251 e. The van der Waals surface area contributed by atoms with E-state index in [1.165, 1.54) is 11.1 Å². The third-order valence-electron chi connectivity index (χ3n) is 5.98. The van der Waals surface area contributed by atoms with Crippen molar-refractivity contribution < 1.29 is 4.42 Å². The fourth-order valence-electron chi connectivity index (χ4n) is 4.44. The summed E-state index contributed by atoms with van der Waals surface area (Å²) in [4.78, 5) is 6.96. The number of aromatic nitrogens is 3. The number of aryl methyl sites for hydroxylation is 2. The Labute approximate surface area is 188 Å². The van der Waals surface area contributed by atoms with Crippen LogP contribution in [-0.2, 0) is 0 Å². The quantitative estimate of drug-likeness (QED) is 0.495. The molecule has 0 aliphatic carbocycles. The number of hydrogen-bond donors (Lipinski definition) is 1. The van der Waals surface area contributed by atoms with Crippen LogP contribution >= 0.6 is 0 Å². The van der Waals surface area contributed by atoms with Gasteiger partial charge in [-0.3, -0.25) is 4.98 Å². The van der Waals surface area contributed by atoms with Gasteiger partial charge in [0.2, 0.25) is 5.89 Å². The maximum atomic E-state index is 6.20. The summed E-state index contributed by atoms with van der Waals surface area (Å²) in [5.41, 5.74) is 13.7. The van der Waals surface area contributed by atoms with Crippen LogP contribution in [-0.4, -0.2) is 34.3 Å². The average molecular weight is 426 g/mol. The fourth-order valence-corrected chi connectivity index (χ4v) is 4.44. The number of rotatable bonds is 4. The van der Waals surface area contributed by atoms with E-state index < -0.39 is 0 Å². The molecule has 1 aliphatic rings. The Bertz CT molecular complexity index is 1210. The summed E-state index contributed by atoms with van der Waals surface area (Å²) in [5.74, 6) is 0.983. The molecule has 2 aromatic carbocycles. The molecular weight excluding hydrogens is 398 g/mol. The standard InChI is InChI=1S/C26H27N5O/c1-17-12-18(2)14-20(13-17)22-15-28-16-23(24(22)31-10-8-21(27)9-11-31)26-30-29-25(32-26)19-6-4-3-5-7-19/h3-7,12-16,21H,8-11,27H2,1-2H3. The van der Waals surface area contributed by atoms with E-state index >= 15 is 0 Å². The van der Waals surface area contributed by atoms with Gasteiger partial charge in [-0.15, -0.1) is 10.2 Å². The van der Waals surface area contributed by atoms with Crippen LogP contribution in [0.25, 0.3) is 34.0 Å². The molecule has 0 unspecified atom stereocenters. The van der Waals surface area contributed by atoms with Crippen molar-refractivity contribution in [1.82, 2.24) is 15.2 Å². The summed E-state index contributed by atoms with van der Waals surface area (Å²) in [6.45, 7) is 6.01. The Balaban J connectivity index is 1.65. The first-order valence-corrected chi connectivity index (χ1v) is 11.0. The molecule has 0 spiro atoms. The lowest BCUT2D eigenvalue weighted by Gasteiger charge is -2.34. The average Bonchev–Trinajstić information content (AvgIpc) is 3.29. The Hall–Kier alpha value is -3.51. The third-order valence-corrected chi connectivity index (χ3v) is 5.98. The minimum atomic E-state index is 0.245. The second-order valence-corrected chi connectivity index (χ2v) is 8.56.